The highest BCUT2D eigenvalue weighted by Gasteiger charge is 2.32. The smallest absolute Gasteiger partial charge is 0.163 e. The first-order chi connectivity index (χ1) is 10.5. The zero-order valence-electron chi connectivity index (χ0n) is 11.2. The summed E-state index contributed by atoms with van der Waals surface area (Å²) in [6.07, 6.45) is 0. The summed E-state index contributed by atoms with van der Waals surface area (Å²) in [4.78, 5) is 4.38. The van der Waals surface area contributed by atoms with Gasteiger partial charge >= 0.3 is 0 Å². The molecule has 0 aromatic heterocycles. The van der Waals surface area contributed by atoms with Crippen LogP contribution in [0.3, 0.4) is 0 Å². The van der Waals surface area contributed by atoms with E-state index in [1.165, 1.54) is 35.1 Å². The quantitative estimate of drug-likeness (QED) is 0.627. The van der Waals surface area contributed by atoms with Crippen molar-refractivity contribution in [1.82, 2.24) is 9.66 Å². The number of thiocyanates is 2. The molecule has 0 amide bonds. The van der Waals surface area contributed by atoms with Gasteiger partial charge in [0.15, 0.2) is 10.8 Å². The molecule has 0 aliphatic rings. The van der Waals surface area contributed by atoms with Crippen molar-refractivity contribution < 1.29 is 7.77 Å². The molecule has 2 aromatic carbocycles. The van der Waals surface area contributed by atoms with Crippen LogP contribution in [-0.4, -0.2) is 0 Å². The summed E-state index contributed by atoms with van der Waals surface area (Å²) >= 11 is 0. The van der Waals surface area contributed by atoms with Gasteiger partial charge in [0.1, 0.15) is 0 Å². The summed E-state index contributed by atoms with van der Waals surface area (Å²) in [5.41, 5.74) is 0. The molecule has 0 heterocycles. The minimum Gasteiger partial charge on any atom is -0.183 e. The lowest BCUT2D eigenvalue weighted by molar-refractivity contribution is 0.785. The molecule has 0 saturated carbocycles. The molecule has 2 atom stereocenters. The van der Waals surface area contributed by atoms with Gasteiger partial charge in [0.2, 0.25) is 0 Å². The molecule has 0 aliphatic carbocycles. The maximum absolute atomic E-state index is 14.7. The van der Waals surface area contributed by atoms with E-state index >= 15 is 0 Å². The largest absolute Gasteiger partial charge is 0.183 e. The zero-order chi connectivity index (χ0) is 16.1. The second-order valence-corrected chi connectivity index (χ2v) is 7.95. The number of hydrazine groups is 1. The number of rotatable bonds is 5. The van der Waals surface area contributed by atoms with Gasteiger partial charge in [0.25, 0.3) is 0 Å². The predicted molar refractivity (Wildman–Crippen MR) is 84.3 cm³/mol. The van der Waals surface area contributed by atoms with Crippen molar-refractivity contribution in [3.8, 4) is 10.8 Å². The third-order valence-corrected chi connectivity index (χ3v) is 5.95. The molecule has 8 heteroatoms. The van der Waals surface area contributed by atoms with E-state index in [0.717, 1.165) is 0 Å². The lowest BCUT2D eigenvalue weighted by atomic mass is 10.4. The molecule has 22 heavy (non-hydrogen) atoms. The van der Waals surface area contributed by atoms with E-state index in [4.69, 9.17) is 10.5 Å². The van der Waals surface area contributed by atoms with Crippen LogP contribution in [0.2, 0.25) is 0 Å². The maximum Gasteiger partial charge on any atom is 0.163 e. The number of nitrogens with zero attached hydrogens (tertiary/aromatic N) is 2. The molecule has 0 radical (unpaired) electrons. The zero-order valence-corrected chi connectivity index (χ0v) is 12.9. The van der Waals surface area contributed by atoms with Gasteiger partial charge < -0.3 is 0 Å². The molecule has 2 aromatic rings. The molecule has 0 saturated heterocycles. The van der Waals surface area contributed by atoms with Gasteiger partial charge in [-0.05, 0) is 24.3 Å². The van der Waals surface area contributed by atoms with Crippen LogP contribution in [-0.2, 0) is 0 Å². The number of nitriles is 2. The second kappa shape index (κ2) is 6.77. The van der Waals surface area contributed by atoms with Gasteiger partial charge in [-0.1, -0.05) is 36.4 Å². The van der Waals surface area contributed by atoms with Crippen LogP contribution in [0.1, 0.15) is 0 Å². The normalized spacial score (nSPS) is 18.7. The summed E-state index contributed by atoms with van der Waals surface area (Å²) in [6.45, 7) is 0. The van der Waals surface area contributed by atoms with Gasteiger partial charge in [-0.15, -0.1) is 0 Å². The van der Waals surface area contributed by atoms with E-state index in [2.05, 4.69) is 9.66 Å². The summed E-state index contributed by atoms with van der Waals surface area (Å²) in [6, 6.07) is 15.4. The topological polar surface area (TPSA) is 71.6 Å². The predicted octanol–water partition coefficient (Wildman–Crippen LogP) is 4.37. The monoisotopic (exact) mass is 338 g/mol. The molecule has 0 fully saturated rings. The van der Waals surface area contributed by atoms with Gasteiger partial charge in [-0.3, -0.25) is 0 Å². The lowest BCUT2D eigenvalue weighted by Crippen LogP contribution is -2.32. The Balaban J connectivity index is 2.23. The maximum atomic E-state index is 14.7. The average Bonchev–Trinajstić information content (AvgIpc) is 2.61. The van der Waals surface area contributed by atoms with E-state index in [0.29, 0.717) is 0 Å². The number of hydrogen-bond acceptors (Lipinski definition) is 4. The minimum atomic E-state index is -3.63. The Hall–Kier alpha value is -2.10. The van der Waals surface area contributed by atoms with Crippen LogP contribution in [0.4, 0.5) is 7.77 Å². The van der Waals surface area contributed by atoms with Crippen molar-refractivity contribution in [2.24, 2.45) is 0 Å². The fraction of sp³-hybridized carbons (Fsp3) is 0. The molecular weight excluding hydrogens is 326 g/mol. The third kappa shape index (κ3) is 3.38. The summed E-state index contributed by atoms with van der Waals surface area (Å²) in [5.74, 6) is 0. The fourth-order valence-electron chi connectivity index (χ4n) is 1.60. The van der Waals surface area contributed by atoms with Crippen LogP contribution in [0.25, 0.3) is 0 Å². The van der Waals surface area contributed by atoms with Gasteiger partial charge in [-0.2, -0.15) is 28.0 Å². The van der Waals surface area contributed by atoms with Crippen molar-refractivity contribution in [1.29, 1.82) is 10.5 Å². The average molecular weight is 338 g/mol. The highest BCUT2D eigenvalue weighted by Crippen LogP contribution is 2.57. The highest BCUT2D eigenvalue weighted by molar-refractivity contribution is 8.34. The van der Waals surface area contributed by atoms with Crippen LogP contribution < -0.4 is 9.66 Å². The molecule has 0 bridgehead atoms. The molecule has 2 unspecified atom stereocenters. The van der Waals surface area contributed by atoms with Gasteiger partial charge in [0.05, 0.1) is 21.2 Å². The van der Waals surface area contributed by atoms with Crippen molar-refractivity contribution in [2.45, 2.75) is 9.79 Å². The number of nitrogens with one attached hydrogen (secondary N) is 2. The first kappa shape index (κ1) is 16.3. The Bertz CT molecular complexity index is 654. The van der Waals surface area contributed by atoms with E-state index in [1.807, 2.05) is 0 Å². The minimum absolute atomic E-state index is 0.0951. The Labute approximate surface area is 130 Å². The van der Waals surface area contributed by atoms with Crippen LogP contribution in [0, 0.1) is 21.3 Å². The van der Waals surface area contributed by atoms with E-state index in [9.17, 15) is 7.77 Å². The second-order valence-electron chi connectivity index (χ2n) is 4.09. The van der Waals surface area contributed by atoms with Gasteiger partial charge in [-0.25, -0.2) is 0 Å². The number of halogens is 2. The van der Waals surface area contributed by atoms with E-state index in [1.54, 1.807) is 36.4 Å². The van der Waals surface area contributed by atoms with Crippen LogP contribution in [0.15, 0.2) is 70.5 Å². The van der Waals surface area contributed by atoms with Crippen molar-refractivity contribution in [3.63, 3.8) is 0 Å². The molecule has 4 nitrogen and oxygen atoms in total. The summed E-state index contributed by atoms with van der Waals surface area (Å²) in [7, 11) is -7.27. The van der Waals surface area contributed by atoms with Crippen molar-refractivity contribution >= 4 is 21.2 Å². The lowest BCUT2D eigenvalue weighted by Gasteiger charge is -2.30. The fourth-order valence-corrected chi connectivity index (χ4v) is 4.12. The SMILES string of the molecule is N#CS(F)(NNS(F)(C#N)c1ccccc1)c1ccccc1. The van der Waals surface area contributed by atoms with Crippen molar-refractivity contribution in [2.75, 3.05) is 0 Å². The van der Waals surface area contributed by atoms with Crippen LogP contribution >= 0.6 is 21.2 Å². The third-order valence-electron chi connectivity index (χ3n) is 2.71. The van der Waals surface area contributed by atoms with Crippen molar-refractivity contribution in [3.05, 3.63) is 60.7 Å². The molecule has 0 aliphatic heterocycles. The molecule has 0 spiro atoms. The Morgan fingerprint density at radius 2 is 1.00 bits per heavy atom. The molecule has 114 valence electrons. The standard InChI is InChI=1S/C14H12F2N4S2/c15-21(11-17,13-7-3-1-4-8-13)19-20-22(16,12-18)14-9-5-2-6-10-14/h1-10,19-20H. The van der Waals surface area contributed by atoms with Gasteiger partial charge in [0, 0.05) is 9.79 Å². The first-order valence-corrected chi connectivity index (χ1v) is 9.12. The summed E-state index contributed by atoms with van der Waals surface area (Å²) < 4.78 is 29.4. The highest BCUT2D eigenvalue weighted by atomic mass is 32.3. The Morgan fingerprint density at radius 3 is 1.27 bits per heavy atom. The Kier molecular flexibility index (Phi) is 5.01. The van der Waals surface area contributed by atoms with Crippen LogP contribution in [0.5, 0.6) is 0 Å². The number of hydrogen-bond donors (Lipinski definition) is 2. The first-order valence-electron chi connectivity index (χ1n) is 6.05. The van der Waals surface area contributed by atoms with E-state index < -0.39 is 21.2 Å². The Morgan fingerprint density at radius 1 is 0.682 bits per heavy atom. The summed E-state index contributed by atoms with van der Waals surface area (Å²) in [5, 5.41) is 21.2. The van der Waals surface area contributed by atoms with E-state index in [-0.39, 0.29) is 9.79 Å². The molecule has 2 rings (SSSR count). The molecule has 2 N–H and O–H groups in total. The molecular formula is C14H12F2N4S2. The number of benzene rings is 2.